The van der Waals surface area contributed by atoms with Crippen LogP contribution in [-0.2, 0) is 4.79 Å². The molecule has 0 saturated carbocycles. The van der Waals surface area contributed by atoms with Crippen LogP contribution in [0.25, 0.3) is 11.5 Å². The largest absolute Gasteiger partial charge is 0.411 e. The van der Waals surface area contributed by atoms with Gasteiger partial charge in [0.25, 0.3) is 5.22 Å². The molecule has 0 aliphatic carbocycles. The van der Waals surface area contributed by atoms with Gasteiger partial charge in [-0.1, -0.05) is 29.4 Å². The topological polar surface area (TPSA) is 98.7 Å². The third kappa shape index (κ3) is 3.62. The Balaban J connectivity index is 1.59. The fourth-order valence-electron chi connectivity index (χ4n) is 1.57. The molecule has 3 rings (SSSR count). The number of aromatic nitrogens is 5. The molecule has 10 heteroatoms. The Hall–Kier alpha value is -2.39. The number of nitrogens with one attached hydrogen (secondary N) is 1. The number of hydrogen-bond acceptors (Lipinski definition) is 7. The Bertz CT molecular complexity index is 776. The van der Waals surface area contributed by atoms with E-state index in [2.05, 4.69) is 25.8 Å². The molecule has 0 aliphatic rings. The van der Waals surface area contributed by atoms with Gasteiger partial charge in [-0.25, -0.2) is 4.68 Å². The van der Waals surface area contributed by atoms with Crippen molar-refractivity contribution in [2.24, 2.45) is 0 Å². The molecule has 2 aromatic heterocycles. The van der Waals surface area contributed by atoms with E-state index in [-0.39, 0.29) is 11.7 Å². The number of carbonyl (C=O) groups excluding carboxylic acids is 1. The molecule has 0 unspecified atom stereocenters. The number of halogens is 1. The molecule has 112 valence electrons. The number of thioether (sulfide) groups is 1. The Morgan fingerprint density at radius 3 is 2.91 bits per heavy atom. The first-order valence-corrected chi connectivity index (χ1v) is 7.44. The zero-order valence-corrected chi connectivity index (χ0v) is 12.6. The van der Waals surface area contributed by atoms with Crippen molar-refractivity contribution in [1.29, 1.82) is 0 Å². The predicted octanol–water partition coefficient (Wildman–Crippen LogP) is 1.84. The Morgan fingerprint density at radius 2 is 2.14 bits per heavy atom. The van der Waals surface area contributed by atoms with Crippen LogP contribution < -0.4 is 5.43 Å². The monoisotopic (exact) mass is 336 g/mol. The Morgan fingerprint density at radius 1 is 1.32 bits per heavy atom. The SMILES string of the molecule is O=C(CSc1nnc(-c2cccc(Cl)c2)o1)Nn1cnnc1. The van der Waals surface area contributed by atoms with Gasteiger partial charge in [-0.15, -0.1) is 20.4 Å². The molecule has 0 fully saturated rings. The molecule has 0 atom stereocenters. The number of nitrogens with zero attached hydrogens (tertiary/aromatic N) is 5. The highest BCUT2D eigenvalue weighted by Crippen LogP contribution is 2.24. The lowest BCUT2D eigenvalue weighted by atomic mass is 10.2. The summed E-state index contributed by atoms with van der Waals surface area (Å²) in [5, 5.41) is 15.8. The summed E-state index contributed by atoms with van der Waals surface area (Å²) in [4.78, 5) is 11.7. The van der Waals surface area contributed by atoms with E-state index in [1.54, 1.807) is 18.2 Å². The van der Waals surface area contributed by atoms with Gasteiger partial charge in [0, 0.05) is 10.6 Å². The summed E-state index contributed by atoms with van der Waals surface area (Å²) in [6.45, 7) is 0. The second-order valence-corrected chi connectivity index (χ2v) is 5.44. The van der Waals surface area contributed by atoms with Crippen molar-refractivity contribution in [3.63, 3.8) is 0 Å². The van der Waals surface area contributed by atoms with Gasteiger partial charge in [0.05, 0.1) is 5.75 Å². The first-order valence-electron chi connectivity index (χ1n) is 6.07. The molecule has 2 heterocycles. The van der Waals surface area contributed by atoms with Gasteiger partial charge in [-0.2, -0.15) is 0 Å². The van der Waals surface area contributed by atoms with Crippen LogP contribution in [0.15, 0.2) is 46.6 Å². The van der Waals surface area contributed by atoms with E-state index >= 15 is 0 Å². The second kappa shape index (κ2) is 6.58. The van der Waals surface area contributed by atoms with E-state index < -0.39 is 0 Å². The first kappa shape index (κ1) is 14.5. The summed E-state index contributed by atoms with van der Waals surface area (Å²) in [6.07, 6.45) is 2.76. The molecular formula is C12H9ClN6O2S. The highest BCUT2D eigenvalue weighted by Gasteiger charge is 2.11. The molecule has 1 aromatic carbocycles. The smallest absolute Gasteiger partial charge is 0.277 e. The molecule has 1 N–H and O–H groups in total. The molecule has 0 radical (unpaired) electrons. The standard InChI is InChI=1S/C12H9ClN6O2S/c13-9-3-1-2-8(4-9)11-16-17-12(21-11)22-5-10(20)18-19-6-14-15-7-19/h1-4,6-7H,5H2,(H,18,20). The molecule has 0 saturated heterocycles. The molecule has 0 aliphatic heterocycles. The number of amides is 1. The van der Waals surface area contributed by atoms with Gasteiger partial charge in [0.2, 0.25) is 11.8 Å². The Labute approximate surface area is 133 Å². The third-order valence-corrected chi connectivity index (χ3v) is 3.53. The van der Waals surface area contributed by atoms with E-state index in [0.29, 0.717) is 16.1 Å². The highest BCUT2D eigenvalue weighted by molar-refractivity contribution is 7.99. The average Bonchev–Trinajstić information content (AvgIpc) is 3.16. The van der Waals surface area contributed by atoms with Crippen LogP contribution in [0, 0.1) is 0 Å². The maximum Gasteiger partial charge on any atom is 0.277 e. The van der Waals surface area contributed by atoms with Crippen LogP contribution >= 0.6 is 23.4 Å². The molecule has 1 amide bonds. The first-order chi connectivity index (χ1) is 10.7. The minimum atomic E-state index is -0.243. The fourth-order valence-corrected chi connectivity index (χ4v) is 2.31. The maximum absolute atomic E-state index is 11.7. The van der Waals surface area contributed by atoms with Crippen molar-refractivity contribution >= 4 is 29.3 Å². The minimum Gasteiger partial charge on any atom is -0.411 e. The molecule has 8 nitrogen and oxygen atoms in total. The molecule has 0 bridgehead atoms. The van der Waals surface area contributed by atoms with Crippen LogP contribution in [0.2, 0.25) is 5.02 Å². The van der Waals surface area contributed by atoms with E-state index in [1.165, 1.54) is 17.3 Å². The van der Waals surface area contributed by atoms with Crippen LogP contribution in [0.5, 0.6) is 0 Å². The summed E-state index contributed by atoms with van der Waals surface area (Å²) >= 11 is 7.04. The zero-order chi connectivity index (χ0) is 15.4. The maximum atomic E-state index is 11.7. The number of benzene rings is 1. The van der Waals surface area contributed by atoms with Gasteiger partial charge in [0.1, 0.15) is 12.7 Å². The van der Waals surface area contributed by atoms with Crippen LogP contribution in [0.3, 0.4) is 0 Å². The molecule has 0 spiro atoms. The molecular weight excluding hydrogens is 328 g/mol. The van der Waals surface area contributed by atoms with E-state index in [0.717, 1.165) is 17.3 Å². The Kier molecular flexibility index (Phi) is 4.35. The summed E-state index contributed by atoms with van der Waals surface area (Å²) in [6, 6.07) is 7.09. The lowest BCUT2D eigenvalue weighted by Crippen LogP contribution is -2.23. The number of hydrogen-bond donors (Lipinski definition) is 1. The normalized spacial score (nSPS) is 10.6. The van der Waals surface area contributed by atoms with Crippen molar-refractivity contribution in [1.82, 2.24) is 25.1 Å². The van der Waals surface area contributed by atoms with Gasteiger partial charge in [-0.05, 0) is 18.2 Å². The lowest BCUT2D eigenvalue weighted by molar-refractivity contribution is -0.114. The van der Waals surface area contributed by atoms with Gasteiger partial charge in [-0.3, -0.25) is 10.2 Å². The summed E-state index contributed by atoms with van der Waals surface area (Å²) in [7, 11) is 0. The predicted molar refractivity (Wildman–Crippen MR) is 79.9 cm³/mol. The zero-order valence-electron chi connectivity index (χ0n) is 11.0. The van der Waals surface area contributed by atoms with E-state index in [4.69, 9.17) is 16.0 Å². The van der Waals surface area contributed by atoms with Crippen LogP contribution in [0.1, 0.15) is 0 Å². The van der Waals surface area contributed by atoms with Crippen molar-refractivity contribution in [2.75, 3.05) is 11.2 Å². The van der Waals surface area contributed by atoms with Crippen molar-refractivity contribution in [3.8, 4) is 11.5 Å². The van der Waals surface area contributed by atoms with Gasteiger partial charge < -0.3 is 4.42 Å². The van der Waals surface area contributed by atoms with Gasteiger partial charge in [0.15, 0.2) is 0 Å². The molecule has 22 heavy (non-hydrogen) atoms. The van der Waals surface area contributed by atoms with E-state index in [9.17, 15) is 4.79 Å². The average molecular weight is 337 g/mol. The fraction of sp³-hybridized carbons (Fsp3) is 0.0833. The molecule has 3 aromatic rings. The summed E-state index contributed by atoms with van der Waals surface area (Å²) in [5.41, 5.74) is 3.29. The summed E-state index contributed by atoms with van der Waals surface area (Å²) < 4.78 is 6.84. The second-order valence-electron chi connectivity index (χ2n) is 4.08. The number of rotatable bonds is 5. The van der Waals surface area contributed by atoms with Crippen molar-refractivity contribution in [3.05, 3.63) is 41.9 Å². The van der Waals surface area contributed by atoms with E-state index in [1.807, 2.05) is 6.07 Å². The van der Waals surface area contributed by atoms with Crippen LogP contribution in [-0.4, -0.2) is 36.7 Å². The third-order valence-electron chi connectivity index (χ3n) is 2.48. The highest BCUT2D eigenvalue weighted by atomic mass is 35.5. The van der Waals surface area contributed by atoms with Gasteiger partial charge >= 0.3 is 0 Å². The van der Waals surface area contributed by atoms with Crippen molar-refractivity contribution < 1.29 is 9.21 Å². The summed E-state index contributed by atoms with van der Waals surface area (Å²) in [5.74, 6) is 0.228. The lowest BCUT2D eigenvalue weighted by Gasteiger charge is -2.01. The number of carbonyl (C=O) groups is 1. The van der Waals surface area contributed by atoms with Crippen LogP contribution in [0.4, 0.5) is 0 Å². The minimum absolute atomic E-state index is 0.120. The van der Waals surface area contributed by atoms with Crippen molar-refractivity contribution in [2.45, 2.75) is 5.22 Å². The quantitative estimate of drug-likeness (QED) is 0.710.